The first-order chi connectivity index (χ1) is 11.2. The first-order valence-corrected chi connectivity index (χ1v) is 7.58. The molecule has 0 spiro atoms. The van der Waals surface area contributed by atoms with Crippen LogP contribution in [0.15, 0.2) is 12.1 Å². The van der Waals surface area contributed by atoms with E-state index in [1.165, 1.54) is 4.80 Å². The number of hydrogen-bond donors (Lipinski definition) is 2. The van der Waals surface area contributed by atoms with Gasteiger partial charge >= 0.3 is 6.03 Å². The molecule has 0 fully saturated rings. The highest BCUT2D eigenvalue weighted by molar-refractivity contribution is 5.87. The van der Waals surface area contributed by atoms with E-state index in [4.69, 9.17) is 4.74 Å². The topological polar surface area (TPSA) is 120 Å². The van der Waals surface area contributed by atoms with Crippen LogP contribution in [0.3, 0.4) is 0 Å². The molecule has 2 aromatic heterocycles. The Morgan fingerprint density at radius 2 is 2.00 bits per heavy atom. The maximum Gasteiger partial charge on any atom is 0.320 e. The predicted molar refractivity (Wildman–Crippen MR) is 86.5 cm³/mol. The second-order valence-corrected chi connectivity index (χ2v) is 6.40. The fourth-order valence-corrected chi connectivity index (χ4v) is 1.61. The molecule has 2 amide bonds. The summed E-state index contributed by atoms with van der Waals surface area (Å²) in [4.78, 5) is 13.3. The fourth-order valence-electron chi connectivity index (χ4n) is 1.61. The monoisotopic (exact) mass is 334 g/mol. The number of urea groups is 1. The lowest BCUT2D eigenvalue weighted by Crippen LogP contribution is -2.29. The Morgan fingerprint density at radius 3 is 2.54 bits per heavy atom. The lowest BCUT2D eigenvalue weighted by Gasteiger charge is -2.15. The van der Waals surface area contributed by atoms with Gasteiger partial charge in [-0.3, -0.25) is 5.32 Å². The third kappa shape index (κ3) is 5.14. The molecule has 24 heavy (non-hydrogen) atoms. The van der Waals surface area contributed by atoms with E-state index in [2.05, 4.69) is 36.2 Å². The van der Waals surface area contributed by atoms with E-state index >= 15 is 0 Å². The Bertz CT molecular complexity index is 675. The van der Waals surface area contributed by atoms with E-state index in [0.29, 0.717) is 17.5 Å². The third-order valence-electron chi connectivity index (χ3n) is 2.70. The Morgan fingerprint density at radius 1 is 1.25 bits per heavy atom. The number of tetrazole rings is 1. The first-order valence-electron chi connectivity index (χ1n) is 7.58. The molecule has 2 N–H and O–H groups in total. The van der Waals surface area contributed by atoms with Gasteiger partial charge in [0.2, 0.25) is 5.88 Å². The van der Waals surface area contributed by atoms with Gasteiger partial charge in [0.1, 0.15) is 0 Å². The van der Waals surface area contributed by atoms with Crippen LogP contribution >= 0.6 is 0 Å². The van der Waals surface area contributed by atoms with Gasteiger partial charge in [0.05, 0.1) is 18.2 Å². The van der Waals surface area contributed by atoms with E-state index in [1.54, 1.807) is 12.1 Å². The molecule has 0 aliphatic rings. The summed E-state index contributed by atoms with van der Waals surface area (Å²) in [6.07, 6.45) is 0.00965. The van der Waals surface area contributed by atoms with Crippen molar-refractivity contribution >= 4 is 11.8 Å². The number of carbonyl (C=O) groups is 1. The zero-order valence-electron chi connectivity index (χ0n) is 14.4. The second kappa shape index (κ2) is 7.20. The van der Waals surface area contributed by atoms with Crippen molar-refractivity contribution in [3.05, 3.63) is 18.0 Å². The highest BCUT2D eigenvalue weighted by atomic mass is 16.5. The molecule has 0 aliphatic heterocycles. The SMILES string of the molecule is CC(C)Oc1ccc(NC(=O)NCc2nnn(C(C)(C)C)n2)nn1. The van der Waals surface area contributed by atoms with E-state index in [0.717, 1.165) is 0 Å². The number of rotatable bonds is 5. The molecule has 0 aliphatic carbocycles. The van der Waals surface area contributed by atoms with Crippen LogP contribution in [0, 0.1) is 0 Å². The number of nitrogens with zero attached hydrogens (tertiary/aromatic N) is 6. The minimum atomic E-state index is -0.436. The maximum atomic E-state index is 11.8. The number of amides is 2. The normalized spacial score (nSPS) is 11.4. The number of hydrogen-bond acceptors (Lipinski definition) is 7. The molecule has 130 valence electrons. The van der Waals surface area contributed by atoms with Crippen molar-refractivity contribution in [2.45, 2.75) is 52.8 Å². The van der Waals surface area contributed by atoms with Crippen LogP contribution in [0.5, 0.6) is 5.88 Å². The van der Waals surface area contributed by atoms with Crippen LogP contribution in [0.4, 0.5) is 10.6 Å². The highest BCUT2D eigenvalue weighted by Gasteiger charge is 2.17. The Hall–Kier alpha value is -2.78. The molecule has 0 atom stereocenters. The molecule has 0 bridgehead atoms. The molecule has 0 radical (unpaired) electrons. The number of ether oxygens (including phenoxy) is 1. The Balaban J connectivity index is 1.84. The minimum Gasteiger partial charge on any atom is -0.474 e. The third-order valence-corrected chi connectivity index (χ3v) is 2.70. The molecular formula is C14H22N8O2. The summed E-state index contributed by atoms with van der Waals surface area (Å²) >= 11 is 0. The molecule has 2 aromatic rings. The van der Waals surface area contributed by atoms with E-state index in [-0.39, 0.29) is 18.2 Å². The molecule has 0 unspecified atom stereocenters. The van der Waals surface area contributed by atoms with Crippen LogP contribution in [-0.2, 0) is 12.1 Å². The van der Waals surface area contributed by atoms with Gasteiger partial charge in [0.25, 0.3) is 0 Å². The quantitative estimate of drug-likeness (QED) is 0.846. The summed E-state index contributed by atoms with van der Waals surface area (Å²) in [5, 5.41) is 25.0. The summed E-state index contributed by atoms with van der Waals surface area (Å²) in [6.45, 7) is 9.83. The number of carbonyl (C=O) groups excluding carboxylic acids is 1. The lowest BCUT2D eigenvalue weighted by molar-refractivity contribution is 0.230. The Kier molecular flexibility index (Phi) is 5.27. The molecule has 2 heterocycles. The van der Waals surface area contributed by atoms with Gasteiger partial charge < -0.3 is 10.1 Å². The van der Waals surface area contributed by atoms with Crippen LogP contribution in [0.25, 0.3) is 0 Å². The van der Waals surface area contributed by atoms with Crippen molar-refractivity contribution in [3.63, 3.8) is 0 Å². The average molecular weight is 334 g/mol. The molecule has 0 saturated heterocycles. The van der Waals surface area contributed by atoms with E-state index in [1.807, 2.05) is 34.6 Å². The van der Waals surface area contributed by atoms with Gasteiger partial charge in [-0.1, -0.05) is 0 Å². The van der Waals surface area contributed by atoms with Crippen molar-refractivity contribution in [1.82, 2.24) is 35.7 Å². The average Bonchev–Trinajstić information content (AvgIpc) is 2.96. The van der Waals surface area contributed by atoms with Crippen molar-refractivity contribution in [2.24, 2.45) is 0 Å². The molecule has 2 rings (SSSR count). The molecular weight excluding hydrogens is 312 g/mol. The lowest BCUT2D eigenvalue weighted by atomic mass is 10.1. The molecule has 10 heteroatoms. The van der Waals surface area contributed by atoms with Crippen molar-refractivity contribution in [1.29, 1.82) is 0 Å². The number of anilines is 1. The predicted octanol–water partition coefficient (Wildman–Crippen LogP) is 1.33. The molecule has 10 nitrogen and oxygen atoms in total. The minimum absolute atomic E-state index is 0.00965. The van der Waals surface area contributed by atoms with Gasteiger partial charge in [-0.15, -0.1) is 20.4 Å². The van der Waals surface area contributed by atoms with Gasteiger partial charge in [-0.2, -0.15) is 4.80 Å². The van der Waals surface area contributed by atoms with Gasteiger partial charge in [-0.25, -0.2) is 4.79 Å². The maximum absolute atomic E-state index is 11.8. The highest BCUT2D eigenvalue weighted by Crippen LogP contribution is 2.10. The smallest absolute Gasteiger partial charge is 0.320 e. The van der Waals surface area contributed by atoms with Crippen molar-refractivity contribution in [3.8, 4) is 5.88 Å². The summed E-state index contributed by atoms with van der Waals surface area (Å²) in [5.74, 6) is 1.14. The van der Waals surface area contributed by atoms with Gasteiger partial charge in [-0.05, 0) is 45.9 Å². The standard InChI is InChI=1S/C14H22N8O2/c1-9(2)24-12-7-6-10(17-19-12)16-13(23)15-8-11-18-21-22(20-11)14(3,4)5/h6-7,9H,8H2,1-5H3,(H2,15,16,17,23). The second-order valence-electron chi connectivity index (χ2n) is 6.40. The largest absolute Gasteiger partial charge is 0.474 e. The van der Waals surface area contributed by atoms with Crippen LogP contribution in [-0.4, -0.2) is 42.5 Å². The summed E-state index contributed by atoms with van der Waals surface area (Å²) in [7, 11) is 0. The first kappa shape index (κ1) is 17.6. The van der Waals surface area contributed by atoms with E-state index in [9.17, 15) is 4.79 Å². The van der Waals surface area contributed by atoms with Crippen molar-refractivity contribution < 1.29 is 9.53 Å². The van der Waals surface area contributed by atoms with Gasteiger partial charge in [0, 0.05) is 6.07 Å². The summed E-state index contributed by atoms with van der Waals surface area (Å²) in [5.41, 5.74) is -0.261. The zero-order chi connectivity index (χ0) is 17.7. The van der Waals surface area contributed by atoms with Crippen LogP contribution in [0.2, 0.25) is 0 Å². The molecule has 0 aromatic carbocycles. The van der Waals surface area contributed by atoms with Crippen molar-refractivity contribution in [2.75, 3.05) is 5.32 Å². The van der Waals surface area contributed by atoms with Crippen LogP contribution in [0.1, 0.15) is 40.4 Å². The van der Waals surface area contributed by atoms with Crippen LogP contribution < -0.4 is 15.4 Å². The fraction of sp³-hybridized carbons (Fsp3) is 0.571. The van der Waals surface area contributed by atoms with E-state index < -0.39 is 6.03 Å². The van der Waals surface area contributed by atoms with Gasteiger partial charge in [0.15, 0.2) is 11.6 Å². The summed E-state index contributed by atoms with van der Waals surface area (Å²) < 4.78 is 5.38. The Labute approximate surface area is 140 Å². The number of nitrogens with one attached hydrogen (secondary N) is 2. The summed E-state index contributed by atoms with van der Waals surface area (Å²) in [6, 6.07) is 2.81. The zero-order valence-corrected chi connectivity index (χ0v) is 14.4. The molecule has 0 saturated carbocycles. The number of aromatic nitrogens is 6.